The van der Waals surface area contributed by atoms with Crippen LogP contribution in [-0.4, -0.2) is 55.4 Å². The molecule has 2 aliphatic rings. The Bertz CT molecular complexity index is 712. The summed E-state index contributed by atoms with van der Waals surface area (Å²) in [6, 6.07) is 9.59. The Morgan fingerprint density at radius 3 is 2.43 bits per heavy atom. The summed E-state index contributed by atoms with van der Waals surface area (Å²) < 4.78 is 23.7. The first-order valence-electron chi connectivity index (χ1n) is 7.30. The smallest absolute Gasteiger partial charge is 0.277 e. The van der Waals surface area contributed by atoms with Gasteiger partial charge in [0.2, 0.25) is 0 Å². The molecule has 0 radical (unpaired) electrons. The van der Waals surface area contributed by atoms with Gasteiger partial charge in [-0.3, -0.25) is 4.79 Å². The van der Waals surface area contributed by atoms with Gasteiger partial charge in [-0.05, 0) is 5.56 Å². The second kappa shape index (κ2) is 6.26. The Morgan fingerprint density at radius 2 is 1.83 bits per heavy atom. The van der Waals surface area contributed by atoms with Crippen molar-refractivity contribution in [1.82, 2.24) is 9.21 Å². The molecule has 8 nitrogen and oxygen atoms in total. The maximum Gasteiger partial charge on any atom is 0.277 e. The summed E-state index contributed by atoms with van der Waals surface area (Å²) in [6.45, 7) is 0.982. The van der Waals surface area contributed by atoms with Crippen molar-refractivity contribution in [1.29, 1.82) is 0 Å². The Labute approximate surface area is 134 Å². The number of hydrogen-bond acceptors (Lipinski definition) is 5. The van der Waals surface area contributed by atoms with E-state index in [1.54, 1.807) is 4.90 Å². The van der Waals surface area contributed by atoms with Gasteiger partial charge in [0.15, 0.2) is 6.10 Å². The van der Waals surface area contributed by atoms with Crippen LogP contribution in [0.5, 0.6) is 0 Å². The lowest BCUT2D eigenvalue weighted by Gasteiger charge is -2.32. The zero-order valence-electron chi connectivity index (χ0n) is 12.5. The molecule has 2 aliphatic heterocycles. The largest absolute Gasteiger partial charge is 0.387 e. The van der Waals surface area contributed by atoms with Crippen molar-refractivity contribution >= 4 is 21.8 Å². The van der Waals surface area contributed by atoms with E-state index < -0.39 is 10.2 Å². The fraction of sp³-hybridized carbons (Fsp3) is 0.429. The van der Waals surface area contributed by atoms with Gasteiger partial charge in [0.25, 0.3) is 16.1 Å². The molecular formula is C14H18N4O4S. The second-order valence-electron chi connectivity index (χ2n) is 5.48. The zero-order valence-corrected chi connectivity index (χ0v) is 13.3. The average Bonchev–Trinajstić information content (AvgIpc) is 3.04. The third kappa shape index (κ3) is 3.52. The van der Waals surface area contributed by atoms with Crippen LogP contribution in [0.25, 0.3) is 0 Å². The predicted octanol–water partition coefficient (Wildman–Crippen LogP) is -0.148. The summed E-state index contributed by atoms with van der Waals surface area (Å²) in [7, 11) is -3.70. The minimum absolute atomic E-state index is 0.195. The molecule has 0 bridgehead atoms. The number of amides is 1. The highest BCUT2D eigenvalue weighted by Crippen LogP contribution is 2.27. The first-order chi connectivity index (χ1) is 10.9. The van der Waals surface area contributed by atoms with Crippen LogP contribution in [0.4, 0.5) is 0 Å². The normalized spacial score (nSPS) is 22.6. The quantitative estimate of drug-likeness (QED) is 0.827. The molecule has 124 valence electrons. The van der Waals surface area contributed by atoms with E-state index in [0.29, 0.717) is 25.2 Å². The molecule has 0 unspecified atom stereocenters. The van der Waals surface area contributed by atoms with Crippen LogP contribution in [-0.2, 0) is 19.8 Å². The van der Waals surface area contributed by atoms with Crippen LogP contribution < -0.4 is 5.14 Å². The highest BCUT2D eigenvalue weighted by molar-refractivity contribution is 7.86. The van der Waals surface area contributed by atoms with Crippen molar-refractivity contribution in [2.45, 2.75) is 12.5 Å². The minimum Gasteiger partial charge on any atom is -0.387 e. The van der Waals surface area contributed by atoms with Crippen molar-refractivity contribution in [3.8, 4) is 0 Å². The summed E-state index contributed by atoms with van der Waals surface area (Å²) in [5.74, 6) is -0.211. The minimum atomic E-state index is -3.70. The number of benzene rings is 1. The van der Waals surface area contributed by atoms with Crippen LogP contribution >= 0.6 is 0 Å². The van der Waals surface area contributed by atoms with Crippen LogP contribution in [0.2, 0.25) is 0 Å². The Kier molecular flexibility index (Phi) is 4.33. The fourth-order valence-electron chi connectivity index (χ4n) is 2.68. The number of piperazine rings is 1. The van der Waals surface area contributed by atoms with Gasteiger partial charge < -0.3 is 9.74 Å². The number of carbonyl (C=O) groups is 1. The Balaban J connectivity index is 1.58. The molecule has 0 aliphatic carbocycles. The van der Waals surface area contributed by atoms with E-state index in [1.807, 2.05) is 30.3 Å². The lowest BCUT2D eigenvalue weighted by Crippen LogP contribution is -2.53. The molecular weight excluding hydrogens is 320 g/mol. The van der Waals surface area contributed by atoms with Crippen molar-refractivity contribution in [3.05, 3.63) is 35.9 Å². The van der Waals surface area contributed by atoms with Crippen molar-refractivity contribution in [2.24, 2.45) is 10.3 Å². The maximum atomic E-state index is 12.4. The Hall–Kier alpha value is -1.97. The first kappa shape index (κ1) is 15.9. The number of hydrogen-bond donors (Lipinski definition) is 1. The molecule has 1 aromatic rings. The van der Waals surface area contributed by atoms with Gasteiger partial charge >= 0.3 is 0 Å². The van der Waals surface area contributed by atoms with Crippen molar-refractivity contribution < 1.29 is 18.0 Å². The highest BCUT2D eigenvalue weighted by Gasteiger charge is 2.33. The van der Waals surface area contributed by atoms with Crippen molar-refractivity contribution in [2.75, 3.05) is 26.2 Å². The molecule has 23 heavy (non-hydrogen) atoms. The van der Waals surface area contributed by atoms with Gasteiger partial charge in [-0.1, -0.05) is 35.5 Å². The number of rotatable bonds is 3. The van der Waals surface area contributed by atoms with Gasteiger partial charge in [-0.2, -0.15) is 12.7 Å². The number of nitrogens with two attached hydrogens (primary N) is 1. The SMILES string of the molecule is NS(=O)(=O)N1CCN(C(=O)C2=NO[C@@H](c3ccccc3)C2)CC1. The zero-order chi connectivity index (χ0) is 16.4. The van der Waals surface area contributed by atoms with Gasteiger partial charge in [-0.25, -0.2) is 5.14 Å². The van der Waals surface area contributed by atoms with Crippen LogP contribution in [0.3, 0.4) is 0 Å². The van der Waals surface area contributed by atoms with E-state index >= 15 is 0 Å². The van der Waals surface area contributed by atoms with Gasteiger partial charge in [0.1, 0.15) is 5.71 Å². The molecule has 3 rings (SSSR count). The number of oxime groups is 1. The molecule has 1 amide bonds. The molecule has 2 heterocycles. The first-order valence-corrected chi connectivity index (χ1v) is 8.80. The molecule has 1 atom stereocenters. The highest BCUT2D eigenvalue weighted by atomic mass is 32.2. The molecule has 9 heteroatoms. The molecule has 0 aromatic heterocycles. The summed E-state index contributed by atoms with van der Waals surface area (Å²) in [5, 5.41) is 8.99. The van der Waals surface area contributed by atoms with Gasteiger partial charge in [-0.15, -0.1) is 0 Å². The van der Waals surface area contributed by atoms with E-state index in [-0.39, 0.29) is 25.1 Å². The summed E-state index contributed by atoms with van der Waals surface area (Å²) >= 11 is 0. The van der Waals surface area contributed by atoms with Gasteiger partial charge in [0.05, 0.1) is 0 Å². The molecule has 1 fully saturated rings. The molecule has 2 N–H and O–H groups in total. The molecule has 1 saturated heterocycles. The summed E-state index contributed by atoms with van der Waals surface area (Å²) in [5.41, 5.74) is 1.33. The summed E-state index contributed by atoms with van der Waals surface area (Å²) in [6.07, 6.45) is 0.166. The van der Waals surface area contributed by atoms with E-state index in [1.165, 1.54) is 0 Å². The van der Waals surface area contributed by atoms with Crippen LogP contribution in [0.15, 0.2) is 35.5 Å². The second-order valence-corrected chi connectivity index (χ2v) is 7.03. The molecule has 1 aromatic carbocycles. The predicted molar refractivity (Wildman–Crippen MR) is 83.6 cm³/mol. The number of nitrogens with zero attached hydrogens (tertiary/aromatic N) is 3. The topological polar surface area (TPSA) is 105 Å². The van der Waals surface area contributed by atoms with E-state index in [0.717, 1.165) is 9.87 Å². The third-order valence-corrected chi connectivity index (χ3v) is 5.06. The summed E-state index contributed by atoms with van der Waals surface area (Å²) in [4.78, 5) is 19.4. The van der Waals surface area contributed by atoms with Crippen LogP contribution in [0, 0.1) is 0 Å². The molecule has 0 spiro atoms. The van der Waals surface area contributed by atoms with E-state index in [9.17, 15) is 13.2 Å². The number of carbonyl (C=O) groups excluding carboxylic acids is 1. The van der Waals surface area contributed by atoms with Crippen LogP contribution in [0.1, 0.15) is 18.1 Å². The Morgan fingerprint density at radius 1 is 1.17 bits per heavy atom. The monoisotopic (exact) mass is 338 g/mol. The lowest BCUT2D eigenvalue weighted by molar-refractivity contribution is -0.125. The van der Waals surface area contributed by atoms with Crippen molar-refractivity contribution in [3.63, 3.8) is 0 Å². The van der Waals surface area contributed by atoms with E-state index in [2.05, 4.69) is 5.16 Å². The third-order valence-electron chi connectivity index (χ3n) is 3.97. The fourth-order valence-corrected chi connectivity index (χ4v) is 3.35. The van der Waals surface area contributed by atoms with Gasteiger partial charge in [0, 0.05) is 32.6 Å². The maximum absolute atomic E-state index is 12.4. The average molecular weight is 338 g/mol. The van der Waals surface area contributed by atoms with E-state index in [4.69, 9.17) is 9.98 Å². The molecule has 0 saturated carbocycles. The standard InChI is InChI=1S/C14H18N4O4S/c15-23(20,21)18-8-6-17(7-9-18)14(19)12-10-13(22-16-12)11-4-2-1-3-5-11/h1-5,13H,6-10H2,(H2,15,20,21)/t13-/m1/s1. The lowest BCUT2D eigenvalue weighted by atomic mass is 10.0.